The number of carbonyl (C=O) groups is 3. The molecule has 0 radical (unpaired) electrons. The lowest BCUT2D eigenvalue weighted by molar-refractivity contribution is -0.172. The number of para-hydroxylation sites is 1. The minimum Gasteiger partial charge on any atom is -0.455 e. The Morgan fingerprint density at radius 3 is 2.35 bits per heavy atom. The Kier molecular flexibility index (Phi) is 8.76. The SMILES string of the molecule is CC(C)C(=O)O[C@@H]1[C@H](OC(=O)C(C)C)[C@@H](CN=[N+]=[N-])O[C@H]1n1cnc2c(NC(=O)Nc3ccccc3)ncnc21. The first-order chi connectivity index (χ1) is 19.2. The molecule has 40 heavy (non-hydrogen) atoms. The number of benzene rings is 1. The second-order valence-corrected chi connectivity index (χ2v) is 9.58. The summed E-state index contributed by atoms with van der Waals surface area (Å²) in [5.74, 6) is -1.93. The molecule has 1 aliphatic heterocycles. The van der Waals surface area contributed by atoms with E-state index in [0.29, 0.717) is 5.69 Å². The van der Waals surface area contributed by atoms with E-state index in [9.17, 15) is 14.4 Å². The third-order valence-corrected chi connectivity index (χ3v) is 5.95. The van der Waals surface area contributed by atoms with Gasteiger partial charge >= 0.3 is 18.0 Å². The molecule has 0 saturated carbocycles. The minimum atomic E-state index is -1.12. The molecule has 1 aliphatic rings. The smallest absolute Gasteiger partial charge is 0.324 e. The quantitative estimate of drug-likeness (QED) is 0.172. The van der Waals surface area contributed by atoms with Crippen LogP contribution in [0.2, 0.25) is 0 Å². The van der Waals surface area contributed by atoms with Crippen molar-refractivity contribution in [2.24, 2.45) is 17.0 Å². The Morgan fingerprint density at radius 1 is 1.02 bits per heavy atom. The number of carbonyl (C=O) groups excluding carboxylic acids is 3. The lowest BCUT2D eigenvalue weighted by atomic mass is 10.1. The van der Waals surface area contributed by atoms with Crippen LogP contribution in [0.3, 0.4) is 0 Å². The number of aromatic nitrogens is 4. The Balaban J connectivity index is 1.68. The fourth-order valence-corrected chi connectivity index (χ4v) is 3.93. The Bertz CT molecular complexity index is 1420. The highest BCUT2D eigenvalue weighted by atomic mass is 16.6. The maximum absolute atomic E-state index is 12.7. The molecule has 0 bridgehead atoms. The van der Waals surface area contributed by atoms with E-state index in [1.807, 2.05) is 6.07 Å². The van der Waals surface area contributed by atoms with E-state index in [4.69, 9.17) is 19.7 Å². The van der Waals surface area contributed by atoms with Crippen LogP contribution in [-0.2, 0) is 23.8 Å². The van der Waals surface area contributed by atoms with E-state index >= 15 is 0 Å². The molecule has 4 rings (SSSR count). The molecule has 1 saturated heterocycles. The summed E-state index contributed by atoms with van der Waals surface area (Å²) in [7, 11) is 0. The van der Waals surface area contributed by atoms with E-state index in [1.54, 1.807) is 52.0 Å². The molecule has 3 aromatic rings. The molecule has 1 fully saturated rings. The van der Waals surface area contributed by atoms with Crippen LogP contribution in [0.4, 0.5) is 16.3 Å². The maximum Gasteiger partial charge on any atom is 0.324 e. The topological polar surface area (TPSA) is 195 Å². The van der Waals surface area contributed by atoms with Crippen molar-refractivity contribution in [3.63, 3.8) is 0 Å². The summed E-state index contributed by atoms with van der Waals surface area (Å²) in [5, 5.41) is 8.93. The summed E-state index contributed by atoms with van der Waals surface area (Å²) in [6.45, 7) is 6.47. The number of imidazole rings is 1. The maximum atomic E-state index is 12.7. The zero-order chi connectivity index (χ0) is 28.8. The molecule has 15 heteroatoms. The number of urea groups is 1. The van der Waals surface area contributed by atoms with E-state index in [-0.39, 0.29) is 23.5 Å². The summed E-state index contributed by atoms with van der Waals surface area (Å²) < 4.78 is 19.1. The fourth-order valence-electron chi connectivity index (χ4n) is 3.93. The summed E-state index contributed by atoms with van der Waals surface area (Å²) in [5.41, 5.74) is 9.96. The number of nitrogens with zero attached hydrogens (tertiary/aromatic N) is 7. The first-order valence-electron chi connectivity index (χ1n) is 12.6. The van der Waals surface area contributed by atoms with Gasteiger partial charge in [-0.1, -0.05) is 51.0 Å². The summed E-state index contributed by atoms with van der Waals surface area (Å²) in [6, 6.07) is 8.31. The molecule has 15 nitrogen and oxygen atoms in total. The van der Waals surface area contributed by atoms with Gasteiger partial charge in [-0.25, -0.2) is 19.7 Å². The number of azide groups is 1. The average Bonchev–Trinajstić information content (AvgIpc) is 3.49. The first kappa shape index (κ1) is 28.3. The van der Waals surface area contributed by atoms with Crippen molar-refractivity contribution < 1.29 is 28.6 Å². The largest absolute Gasteiger partial charge is 0.455 e. The van der Waals surface area contributed by atoms with Crippen LogP contribution in [0.15, 0.2) is 48.1 Å². The van der Waals surface area contributed by atoms with Crippen LogP contribution in [0.25, 0.3) is 21.6 Å². The highest BCUT2D eigenvalue weighted by Gasteiger charge is 2.51. The van der Waals surface area contributed by atoms with Crippen LogP contribution in [0.5, 0.6) is 0 Å². The predicted octanol–water partition coefficient (Wildman–Crippen LogP) is 3.81. The Hall–Kier alpha value is -4.75. The summed E-state index contributed by atoms with van der Waals surface area (Å²) in [4.78, 5) is 53.4. The molecular weight excluding hydrogens is 522 g/mol. The molecule has 0 unspecified atom stereocenters. The van der Waals surface area contributed by atoms with Crippen LogP contribution in [0.1, 0.15) is 33.9 Å². The number of hydrogen-bond acceptors (Lipinski definition) is 10. The number of hydrogen-bond donors (Lipinski definition) is 2. The number of nitrogens with one attached hydrogen (secondary N) is 2. The van der Waals surface area contributed by atoms with Crippen molar-refractivity contribution in [3.05, 3.63) is 53.4 Å². The second kappa shape index (κ2) is 12.4. The number of amides is 2. The van der Waals surface area contributed by atoms with Gasteiger partial charge in [-0.3, -0.25) is 19.5 Å². The minimum absolute atomic E-state index is 0.124. The molecule has 2 aromatic heterocycles. The third kappa shape index (κ3) is 6.27. The van der Waals surface area contributed by atoms with Crippen LogP contribution in [0, 0.1) is 11.8 Å². The monoisotopic (exact) mass is 551 g/mol. The first-order valence-corrected chi connectivity index (χ1v) is 12.6. The van der Waals surface area contributed by atoms with Gasteiger partial charge in [0.25, 0.3) is 0 Å². The average molecular weight is 552 g/mol. The van der Waals surface area contributed by atoms with Crippen molar-refractivity contribution in [1.82, 2.24) is 19.5 Å². The van der Waals surface area contributed by atoms with Crippen LogP contribution >= 0.6 is 0 Å². The van der Waals surface area contributed by atoms with Crippen LogP contribution < -0.4 is 10.6 Å². The number of fused-ring (bicyclic) bond motifs is 1. The molecule has 2 amide bonds. The molecule has 4 atom stereocenters. The standard InChI is InChI=1S/C25H29N9O6/c1-13(2)23(35)39-18-16(10-30-33-26)38-22(19(18)40-24(36)14(3)4)34-12-29-17-20(27-11-28-21(17)34)32-25(37)31-15-8-6-5-7-9-15/h5-9,11-14,16,18-19,22H,10H2,1-4H3,(H2,27,28,31,32,37)/t16-,18-,19-,22-/m1/s1. The fraction of sp³-hybridized carbons (Fsp3) is 0.440. The van der Waals surface area contributed by atoms with Gasteiger partial charge in [0, 0.05) is 10.6 Å². The Labute approximate surface area is 228 Å². The highest BCUT2D eigenvalue weighted by Crippen LogP contribution is 2.37. The number of rotatable bonds is 9. The van der Waals surface area contributed by atoms with Gasteiger partial charge in [-0.15, -0.1) is 0 Å². The lowest BCUT2D eigenvalue weighted by Gasteiger charge is -2.26. The Morgan fingerprint density at radius 2 is 1.70 bits per heavy atom. The van der Waals surface area contributed by atoms with Crippen molar-refractivity contribution in [2.75, 3.05) is 17.2 Å². The van der Waals surface area contributed by atoms with Gasteiger partial charge in [-0.05, 0) is 17.7 Å². The molecular formula is C25H29N9O6. The molecule has 3 heterocycles. The summed E-state index contributed by atoms with van der Waals surface area (Å²) >= 11 is 0. The highest BCUT2D eigenvalue weighted by molar-refractivity contribution is 6.02. The van der Waals surface area contributed by atoms with Gasteiger partial charge in [-0.2, -0.15) is 0 Å². The van der Waals surface area contributed by atoms with Gasteiger partial charge in [0.2, 0.25) is 0 Å². The third-order valence-electron chi connectivity index (χ3n) is 5.95. The van der Waals surface area contributed by atoms with Gasteiger partial charge in [0.1, 0.15) is 12.4 Å². The molecule has 210 valence electrons. The second-order valence-electron chi connectivity index (χ2n) is 9.58. The number of ether oxygens (including phenoxy) is 3. The van der Waals surface area contributed by atoms with Crippen molar-refractivity contribution >= 4 is 40.6 Å². The zero-order valence-electron chi connectivity index (χ0n) is 22.3. The normalized spacial score (nSPS) is 20.2. The molecule has 0 aliphatic carbocycles. The van der Waals surface area contributed by atoms with E-state index < -0.39 is 54.3 Å². The molecule has 2 N–H and O–H groups in total. The summed E-state index contributed by atoms with van der Waals surface area (Å²) in [6.07, 6.45) is -1.57. The predicted molar refractivity (Wildman–Crippen MR) is 142 cm³/mol. The van der Waals surface area contributed by atoms with Crippen LogP contribution in [-0.4, -0.2) is 62.3 Å². The molecule has 0 spiro atoms. The van der Waals surface area contributed by atoms with Gasteiger partial charge < -0.3 is 19.5 Å². The number of anilines is 2. The van der Waals surface area contributed by atoms with E-state index in [1.165, 1.54) is 17.2 Å². The van der Waals surface area contributed by atoms with Crippen molar-refractivity contribution in [2.45, 2.75) is 52.2 Å². The van der Waals surface area contributed by atoms with Crippen molar-refractivity contribution in [3.8, 4) is 0 Å². The van der Waals surface area contributed by atoms with E-state index in [0.717, 1.165) is 0 Å². The molecule has 1 aromatic carbocycles. The lowest BCUT2D eigenvalue weighted by Crippen LogP contribution is -2.41. The number of esters is 2. The van der Waals surface area contributed by atoms with Gasteiger partial charge in [0.05, 0.1) is 24.7 Å². The van der Waals surface area contributed by atoms with Crippen molar-refractivity contribution in [1.29, 1.82) is 0 Å². The van der Waals surface area contributed by atoms with E-state index in [2.05, 4.69) is 35.6 Å². The zero-order valence-corrected chi connectivity index (χ0v) is 22.3. The van der Waals surface area contributed by atoms with Gasteiger partial charge in [0.15, 0.2) is 35.4 Å².